The van der Waals surface area contributed by atoms with Crippen molar-refractivity contribution in [2.24, 2.45) is 0 Å². The Morgan fingerprint density at radius 2 is 1.62 bits per heavy atom. The molecule has 1 fully saturated rings. The molecule has 1 aromatic heterocycles. The van der Waals surface area contributed by atoms with Gasteiger partial charge < -0.3 is 19.5 Å². The highest BCUT2D eigenvalue weighted by molar-refractivity contribution is 5.95. The normalized spacial score (nSPS) is 16.1. The van der Waals surface area contributed by atoms with Crippen molar-refractivity contribution in [3.05, 3.63) is 54.4 Å². The van der Waals surface area contributed by atoms with E-state index in [1.54, 1.807) is 9.80 Å². The maximum Gasteiger partial charge on any atom is 0.254 e. The molecule has 0 saturated carbocycles. The van der Waals surface area contributed by atoms with Gasteiger partial charge in [-0.1, -0.05) is 6.07 Å². The lowest BCUT2D eigenvalue weighted by molar-refractivity contribution is -0.140. The molecule has 1 atom stereocenters. The minimum Gasteiger partial charge on any atom is -0.384 e. The van der Waals surface area contributed by atoms with Crippen LogP contribution in [0.5, 0.6) is 0 Å². The van der Waals surface area contributed by atoms with Crippen molar-refractivity contribution < 1.29 is 14.7 Å². The third-order valence-corrected chi connectivity index (χ3v) is 4.23. The Bertz CT molecular complexity index is 717. The number of nitrogens with zero attached hydrogens (tertiary/aromatic N) is 3. The van der Waals surface area contributed by atoms with Crippen LogP contribution in [0.1, 0.15) is 17.3 Å². The lowest BCUT2D eigenvalue weighted by Crippen LogP contribution is -2.52. The summed E-state index contributed by atoms with van der Waals surface area (Å²) in [5.74, 6) is -0.315. The Labute approximate surface area is 140 Å². The highest BCUT2D eigenvalue weighted by atomic mass is 16.3. The summed E-state index contributed by atoms with van der Waals surface area (Å²) < 4.78 is 1.95. The average molecular weight is 327 g/mol. The van der Waals surface area contributed by atoms with Gasteiger partial charge in [-0.3, -0.25) is 9.59 Å². The number of rotatable bonds is 3. The topological polar surface area (TPSA) is 65.8 Å². The molecular formula is C18H21N3O3. The summed E-state index contributed by atoms with van der Waals surface area (Å²) in [5, 5.41) is 9.37. The van der Waals surface area contributed by atoms with Gasteiger partial charge in [0.15, 0.2) is 0 Å². The third-order valence-electron chi connectivity index (χ3n) is 4.23. The molecular weight excluding hydrogens is 306 g/mol. The number of carbonyl (C=O) groups is 2. The minimum absolute atomic E-state index is 0.0341. The van der Waals surface area contributed by atoms with Gasteiger partial charge in [0.1, 0.15) is 6.10 Å². The van der Waals surface area contributed by atoms with E-state index in [-0.39, 0.29) is 11.8 Å². The van der Waals surface area contributed by atoms with E-state index in [2.05, 4.69) is 0 Å². The quantitative estimate of drug-likeness (QED) is 0.919. The number of hydrogen-bond donors (Lipinski definition) is 1. The van der Waals surface area contributed by atoms with Crippen LogP contribution in [-0.4, -0.2) is 63.6 Å². The van der Waals surface area contributed by atoms with Gasteiger partial charge in [-0.25, -0.2) is 0 Å². The molecule has 126 valence electrons. The molecule has 1 aromatic carbocycles. The average Bonchev–Trinajstić information content (AvgIpc) is 3.15. The first-order valence-electron chi connectivity index (χ1n) is 8.06. The minimum atomic E-state index is -0.995. The highest BCUT2D eigenvalue weighted by Gasteiger charge is 2.26. The van der Waals surface area contributed by atoms with Gasteiger partial charge in [-0.15, -0.1) is 0 Å². The molecule has 1 aliphatic heterocycles. The number of piperazine rings is 1. The van der Waals surface area contributed by atoms with Gasteiger partial charge in [0.2, 0.25) is 0 Å². The number of aromatic nitrogens is 1. The van der Waals surface area contributed by atoms with Gasteiger partial charge in [0.05, 0.1) is 0 Å². The van der Waals surface area contributed by atoms with Crippen molar-refractivity contribution in [2.75, 3.05) is 26.2 Å². The molecule has 6 heteroatoms. The van der Waals surface area contributed by atoms with Crippen LogP contribution in [0, 0.1) is 0 Å². The Morgan fingerprint density at radius 3 is 2.25 bits per heavy atom. The molecule has 2 amide bonds. The first kappa shape index (κ1) is 16.3. The third kappa shape index (κ3) is 3.33. The van der Waals surface area contributed by atoms with Crippen molar-refractivity contribution in [2.45, 2.75) is 13.0 Å². The summed E-state index contributed by atoms with van der Waals surface area (Å²) in [6.45, 7) is 3.32. The smallest absolute Gasteiger partial charge is 0.254 e. The van der Waals surface area contributed by atoms with Crippen molar-refractivity contribution in [1.82, 2.24) is 14.4 Å². The van der Waals surface area contributed by atoms with Crippen LogP contribution in [0.25, 0.3) is 5.69 Å². The Balaban J connectivity index is 1.68. The van der Waals surface area contributed by atoms with E-state index in [1.807, 2.05) is 53.4 Å². The maximum absolute atomic E-state index is 12.7. The van der Waals surface area contributed by atoms with E-state index in [0.717, 1.165) is 5.69 Å². The predicted octanol–water partition coefficient (Wildman–Crippen LogP) is 1.14. The van der Waals surface area contributed by atoms with E-state index in [9.17, 15) is 14.7 Å². The second-order valence-electron chi connectivity index (χ2n) is 5.93. The highest BCUT2D eigenvalue weighted by Crippen LogP contribution is 2.14. The largest absolute Gasteiger partial charge is 0.384 e. The number of carbonyl (C=O) groups excluding carboxylic acids is 2. The molecule has 0 bridgehead atoms. The predicted molar refractivity (Wildman–Crippen MR) is 89.9 cm³/mol. The Kier molecular flexibility index (Phi) is 4.66. The zero-order valence-electron chi connectivity index (χ0n) is 13.6. The molecule has 0 radical (unpaired) electrons. The fourth-order valence-corrected chi connectivity index (χ4v) is 2.88. The zero-order valence-corrected chi connectivity index (χ0v) is 13.6. The number of amides is 2. The molecule has 2 aromatic rings. The van der Waals surface area contributed by atoms with Crippen LogP contribution in [0.15, 0.2) is 48.8 Å². The van der Waals surface area contributed by atoms with Gasteiger partial charge in [-0.05, 0) is 37.3 Å². The number of aliphatic hydroxyl groups excluding tert-OH is 1. The van der Waals surface area contributed by atoms with Gasteiger partial charge in [0, 0.05) is 49.8 Å². The van der Waals surface area contributed by atoms with Crippen molar-refractivity contribution in [1.29, 1.82) is 0 Å². The van der Waals surface area contributed by atoms with Crippen LogP contribution < -0.4 is 0 Å². The van der Waals surface area contributed by atoms with Gasteiger partial charge in [0.25, 0.3) is 11.8 Å². The van der Waals surface area contributed by atoms with Crippen LogP contribution in [0.4, 0.5) is 0 Å². The maximum atomic E-state index is 12.7. The summed E-state index contributed by atoms with van der Waals surface area (Å²) >= 11 is 0. The van der Waals surface area contributed by atoms with E-state index < -0.39 is 6.10 Å². The molecule has 1 aliphatic rings. The second kappa shape index (κ2) is 6.88. The van der Waals surface area contributed by atoms with E-state index >= 15 is 0 Å². The standard InChI is InChI=1S/C18H21N3O3/c1-14(22)17(23)20-9-11-21(12-10-20)18(24)15-5-4-6-16(13-15)19-7-2-3-8-19/h2-8,13-14,22H,9-12H2,1H3. The van der Waals surface area contributed by atoms with Gasteiger partial charge >= 0.3 is 0 Å². The first-order chi connectivity index (χ1) is 11.6. The fraction of sp³-hybridized carbons (Fsp3) is 0.333. The molecule has 3 rings (SSSR count). The molecule has 6 nitrogen and oxygen atoms in total. The first-order valence-corrected chi connectivity index (χ1v) is 8.06. The van der Waals surface area contributed by atoms with Crippen molar-refractivity contribution >= 4 is 11.8 Å². The van der Waals surface area contributed by atoms with Gasteiger partial charge in [-0.2, -0.15) is 0 Å². The van der Waals surface area contributed by atoms with Crippen molar-refractivity contribution in [3.8, 4) is 5.69 Å². The SMILES string of the molecule is CC(O)C(=O)N1CCN(C(=O)c2cccc(-n3cccc3)c2)CC1. The van der Waals surface area contributed by atoms with Crippen LogP contribution in [0.2, 0.25) is 0 Å². The molecule has 0 aliphatic carbocycles. The second-order valence-corrected chi connectivity index (χ2v) is 5.93. The fourth-order valence-electron chi connectivity index (χ4n) is 2.88. The van der Waals surface area contributed by atoms with E-state index in [0.29, 0.717) is 31.7 Å². The van der Waals surface area contributed by atoms with Crippen molar-refractivity contribution in [3.63, 3.8) is 0 Å². The monoisotopic (exact) mass is 327 g/mol. The van der Waals surface area contributed by atoms with E-state index in [1.165, 1.54) is 6.92 Å². The molecule has 1 unspecified atom stereocenters. The Hall–Kier alpha value is -2.60. The Morgan fingerprint density at radius 1 is 1.00 bits per heavy atom. The van der Waals surface area contributed by atoms with Crippen LogP contribution in [-0.2, 0) is 4.79 Å². The summed E-state index contributed by atoms with van der Waals surface area (Å²) in [6, 6.07) is 11.4. The summed E-state index contributed by atoms with van der Waals surface area (Å²) in [7, 11) is 0. The summed E-state index contributed by atoms with van der Waals surface area (Å²) in [6.07, 6.45) is 2.87. The number of benzene rings is 1. The van der Waals surface area contributed by atoms with Crippen LogP contribution in [0.3, 0.4) is 0 Å². The molecule has 2 heterocycles. The molecule has 0 spiro atoms. The van der Waals surface area contributed by atoms with E-state index in [4.69, 9.17) is 0 Å². The lowest BCUT2D eigenvalue weighted by atomic mass is 10.1. The van der Waals surface area contributed by atoms with Crippen LogP contribution >= 0.6 is 0 Å². The summed E-state index contributed by atoms with van der Waals surface area (Å²) in [4.78, 5) is 27.8. The summed E-state index contributed by atoms with van der Waals surface area (Å²) in [5.41, 5.74) is 1.57. The molecule has 1 N–H and O–H groups in total. The number of aliphatic hydroxyl groups is 1. The zero-order chi connectivity index (χ0) is 17.1. The lowest BCUT2D eigenvalue weighted by Gasteiger charge is -2.35. The molecule has 1 saturated heterocycles. The molecule has 24 heavy (non-hydrogen) atoms. The number of hydrogen-bond acceptors (Lipinski definition) is 3.